The van der Waals surface area contributed by atoms with Crippen LogP contribution in [0.4, 0.5) is 0 Å². The van der Waals surface area contributed by atoms with Crippen molar-refractivity contribution in [3.05, 3.63) is 29.3 Å². The van der Waals surface area contributed by atoms with E-state index in [1.165, 1.54) is 11.5 Å². The average molecular weight is 251 g/mol. The summed E-state index contributed by atoms with van der Waals surface area (Å²) in [5, 5.41) is 7.17. The molecule has 0 saturated heterocycles. The Morgan fingerprint density at radius 2 is 2.41 bits per heavy atom. The van der Waals surface area contributed by atoms with Crippen molar-refractivity contribution in [3.63, 3.8) is 0 Å². The number of rotatable bonds is 6. The molecule has 0 aliphatic rings. The Hall–Kier alpha value is -1.27. The monoisotopic (exact) mass is 251 g/mol. The van der Waals surface area contributed by atoms with Crippen LogP contribution in [0.2, 0.25) is 0 Å². The highest BCUT2D eigenvalue weighted by Crippen LogP contribution is 2.19. The number of aromatic nitrogens is 4. The molecule has 0 aromatic carbocycles. The van der Waals surface area contributed by atoms with E-state index >= 15 is 0 Å². The van der Waals surface area contributed by atoms with Gasteiger partial charge in [0.15, 0.2) is 0 Å². The van der Waals surface area contributed by atoms with Crippen LogP contribution in [0.1, 0.15) is 30.1 Å². The summed E-state index contributed by atoms with van der Waals surface area (Å²) >= 11 is 1.44. The molecule has 1 N–H and O–H groups in total. The van der Waals surface area contributed by atoms with Crippen LogP contribution in [0.3, 0.4) is 0 Å². The first-order chi connectivity index (χ1) is 8.35. The summed E-state index contributed by atoms with van der Waals surface area (Å²) in [6, 6.07) is 0.244. The van der Waals surface area contributed by atoms with Gasteiger partial charge in [0.1, 0.15) is 5.82 Å². The van der Waals surface area contributed by atoms with E-state index in [4.69, 9.17) is 0 Å². The lowest BCUT2D eigenvalue weighted by Crippen LogP contribution is -2.20. The van der Waals surface area contributed by atoms with Crippen molar-refractivity contribution in [2.75, 3.05) is 7.05 Å². The van der Waals surface area contributed by atoms with Crippen molar-refractivity contribution in [1.82, 2.24) is 24.5 Å². The number of nitrogens with zero attached hydrogens (tertiary/aromatic N) is 4. The van der Waals surface area contributed by atoms with E-state index in [-0.39, 0.29) is 6.04 Å². The van der Waals surface area contributed by atoms with Crippen molar-refractivity contribution in [3.8, 4) is 0 Å². The van der Waals surface area contributed by atoms with Crippen LogP contribution in [0, 0.1) is 0 Å². The summed E-state index contributed by atoms with van der Waals surface area (Å²) in [6.07, 6.45) is 7.71. The molecule has 0 saturated carbocycles. The van der Waals surface area contributed by atoms with Crippen molar-refractivity contribution in [2.24, 2.45) is 0 Å². The van der Waals surface area contributed by atoms with Gasteiger partial charge in [-0.2, -0.15) is 0 Å². The van der Waals surface area contributed by atoms with Crippen LogP contribution in [0.25, 0.3) is 0 Å². The lowest BCUT2D eigenvalue weighted by Gasteiger charge is -2.14. The zero-order valence-electron chi connectivity index (χ0n) is 10.1. The first-order valence-corrected chi connectivity index (χ1v) is 6.57. The summed E-state index contributed by atoms with van der Waals surface area (Å²) in [7, 11) is 1.96. The van der Waals surface area contributed by atoms with Gasteiger partial charge in [0, 0.05) is 25.4 Å². The van der Waals surface area contributed by atoms with Crippen LogP contribution in [0.15, 0.2) is 18.6 Å². The molecule has 2 aromatic heterocycles. The van der Waals surface area contributed by atoms with Gasteiger partial charge in [0.05, 0.1) is 17.1 Å². The summed E-state index contributed by atoms with van der Waals surface area (Å²) < 4.78 is 6.11. The molecule has 0 aliphatic carbocycles. The van der Waals surface area contributed by atoms with E-state index in [1.807, 2.05) is 25.6 Å². The molecule has 2 rings (SSSR count). The van der Waals surface area contributed by atoms with Crippen molar-refractivity contribution in [1.29, 1.82) is 0 Å². The molecule has 0 amide bonds. The molecule has 0 fully saturated rings. The Morgan fingerprint density at radius 3 is 3.06 bits per heavy atom. The molecule has 0 bridgehead atoms. The first-order valence-electron chi connectivity index (χ1n) is 5.79. The summed E-state index contributed by atoms with van der Waals surface area (Å²) in [6.45, 7) is 3.19. The van der Waals surface area contributed by atoms with Crippen LogP contribution in [-0.2, 0) is 13.0 Å². The van der Waals surface area contributed by atoms with Crippen molar-refractivity contribution >= 4 is 11.5 Å². The maximum Gasteiger partial charge on any atom is 0.110 e. The Morgan fingerprint density at radius 1 is 1.53 bits per heavy atom. The zero-order chi connectivity index (χ0) is 12.1. The van der Waals surface area contributed by atoms with E-state index in [9.17, 15) is 0 Å². The summed E-state index contributed by atoms with van der Waals surface area (Å²) in [5.74, 6) is 1.11. The van der Waals surface area contributed by atoms with Crippen LogP contribution in [-0.4, -0.2) is 26.2 Å². The number of likely N-dealkylation sites (N-methyl/N-ethyl adjacent to an activating group) is 1. The largest absolute Gasteiger partial charge is 0.335 e. The second kappa shape index (κ2) is 5.88. The minimum absolute atomic E-state index is 0.244. The maximum atomic E-state index is 4.42. The number of hydrogen-bond acceptors (Lipinski definition) is 5. The second-order valence-electron chi connectivity index (χ2n) is 3.90. The van der Waals surface area contributed by atoms with Crippen LogP contribution in [0.5, 0.6) is 0 Å². The van der Waals surface area contributed by atoms with Crippen molar-refractivity contribution in [2.45, 2.75) is 32.4 Å². The second-order valence-corrected chi connectivity index (χ2v) is 4.72. The van der Waals surface area contributed by atoms with Gasteiger partial charge in [-0.15, -0.1) is 5.10 Å². The fourth-order valence-electron chi connectivity index (χ4n) is 1.83. The van der Waals surface area contributed by atoms with Gasteiger partial charge in [0.2, 0.25) is 0 Å². The highest BCUT2D eigenvalue weighted by Gasteiger charge is 2.15. The molecule has 1 unspecified atom stereocenters. The van der Waals surface area contributed by atoms with Gasteiger partial charge >= 0.3 is 0 Å². The smallest absolute Gasteiger partial charge is 0.110 e. The lowest BCUT2D eigenvalue weighted by atomic mass is 10.2. The molecule has 5 nitrogen and oxygen atoms in total. The lowest BCUT2D eigenvalue weighted by molar-refractivity contribution is 0.549. The normalized spacial score (nSPS) is 12.8. The van der Waals surface area contributed by atoms with Crippen LogP contribution >= 0.6 is 11.5 Å². The molecule has 92 valence electrons. The molecule has 2 heterocycles. The Kier molecular flexibility index (Phi) is 4.22. The molecule has 0 spiro atoms. The SMILES string of the molecule is CCCn1ccnc1CC(NC)c1cnns1. The Bertz CT molecular complexity index is 436. The predicted octanol–water partition coefficient (Wildman–Crippen LogP) is 1.65. The Labute approximate surface area is 105 Å². The zero-order valence-corrected chi connectivity index (χ0v) is 10.9. The Balaban J connectivity index is 2.10. The van der Waals surface area contributed by atoms with E-state index in [2.05, 4.69) is 31.4 Å². The fraction of sp³-hybridized carbons (Fsp3) is 0.545. The average Bonchev–Trinajstić information content (AvgIpc) is 2.97. The van der Waals surface area contributed by atoms with Gasteiger partial charge in [-0.25, -0.2) is 4.98 Å². The van der Waals surface area contributed by atoms with E-state index in [1.54, 1.807) is 0 Å². The van der Waals surface area contributed by atoms with E-state index in [0.717, 1.165) is 30.1 Å². The molecule has 0 radical (unpaired) electrons. The molecule has 1 atom stereocenters. The standard InChI is InChI=1S/C11H17N5S/c1-3-5-16-6-4-13-11(16)7-9(12-2)10-8-14-15-17-10/h4,6,8-9,12H,3,5,7H2,1-2H3. The molecule has 0 aliphatic heterocycles. The van der Waals surface area contributed by atoms with Gasteiger partial charge in [-0.1, -0.05) is 11.4 Å². The quantitative estimate of drug-likeness (QED) is 0.848. The van der Waals surface area contributed by atoms with Gasteiger partial charge in [-0.05, 0) is 25.0 Å². The maximum absolute atomic E-state index is 4.42. The van der Waals surface area contributed by atoms with Crippen LogP contribution < -0.4 is 5.32 Å². The van der Waals surface area contributed by atoms with E-state index < -0.39 is 0 Å². The molecular weight excluding hydrogens is 234 g/mol. The molecule has 6 heteroatoms. The van der Waals surface area contributed by atoms with Gasteiger partial charge in [0.25, 0.3) is 0 Å². The third-order valence-electron chi connectivity index (χ3n) is 2.72. The first kappa shape index (κ1) is 12.2. The minimum Gasteiger partial charge on any atom is -0.335 e. The van der Waals surface area contributed by atoms with Gasteiger partial charge < -0.3 is 9.88 Å². The number of aryl methyl sites for hydroxylation is 1. The minimum atomic E-state index is 0.244. The molecule has 2 aromatic rings. The summed E-state index contributed by atoms with van der Waals surface area (Å²) in [4.78, 5) is 5.57. The third kappa shape index (κ3) is 2.89. The topological polar surface area (TPSA) is 55.6 Å². The molecule has 17 heavy (non-hydrogen) atoms. The fourth-order valence-corrected chi connectivity index (χ4v) is 2.44. The summed E-state index contributed by atoms with van der Waals surface area (Å²) in [5.41, 5.74) is 0. The third-order valence-corrected chi connectivity index (χ3v) is 3.50. The number of hydrogen-bond donors (Lipinski definition) is 1. The van der Waals surface area contributed by atoms with E-state index in [0.29, 0.717) is 0 Å². The highest BCUT2D eigenvalue weighted by atomic mass is 32.1. The van der Waals surface area contributed by atoms with Crippen molar-refractivity contribution < 1.29 is 0 Å². The molecular formula is C11H17N5S. The highest BCUT2D eigenvalue weighted by molar-refractivity contribution is 7.05. The number of imidazole rings is 1. The predicted molar refractivity (Wildman–Crippen MR) is 67.9 cm³/mol. The van der Waals surface area contributed by atoms with Gasteiger partial charge in [-0.3, -0.25) is 0 Å². The number of nitrogens with one attached hydrogen (secondary N) is 1.